The standard InChI is InChI=1S/C40H75NO3S/c1-4-7-10-13-16-19-22-25-28-35-41(36-29-26-23-20-17-14-11-8-5-2,37-30-27-24-21-18-15-12-9-6-3)38-39-31-33-40(34-32-39)45(42,43)44/h31-34H,4-30,35-38H2,1-3H3. The van der Waals surface area contributed by atoms with Crippen LogP contribution in [-0.4, -0.2) is 37.1 Å². The van der Waals surface area contributed by atoms with E-state index in [0.29, 0.717) is 0 Å². The molecule has 4 nitrogen and oxygen atoms in total. The number of hydrogen-bond acceptors (Lipinski definition) is 3. The summed E-state index contributed by atoms with van der Waals surface area (Å²) < 4.78 is 35.8. The van der Waals surface area contributed by atoms with Crippen molar-refractivity contribution in [1.29, 1.82) is 0 Å². The summed E-state index contributed by atoms with van der Waals surface area (Å²) in [6.45, 7) is 11.4. The summed E-state index contributed by atoms with van der Waals surface area (Å²) in [5.41, 5.74) is 1.17. The minimum atomic E-state index is -4.41. The van der Waals surface area contributed by atoms with E-state index in [0.717, 1.165) is 11.0 Å². The molecule has 0 atom stereocenters. The molecule has 5 heteroatoms. The van der Waals surface area contributed by atoms with Crippen LogP contribution >= 0.6 is 0 Å². The van der Waals surface area contributed by atoms with Crippen molar-refractivity contribution in [3.63, 3.8) is 0 Å². The Hall–Kier alpha value is -0.910. The summed E-state index contributed by atoms with van der Waals surface area (Å²) in [4.78, 5) is -0.110. The van der Waals surface area contributed by atoms with Crippen LogP contribution in [0.1, 0.15) is 200 Å². The Morgan fingerprint density at radius 3 is 0.978 bits per heavy atom. The topological polar surface area (TPSA) is 57.2 Å². The van der Waals surface area contributed by atoms with E-state index in [-0.39, 0.29) is 4.90 Å². The molecule has 0 saturated carbocycles. The van der Waals surface area contributed by atoms with Crippen LogP contribution in [0.15, 0.2) is 29.2 Å². The average Bonchev–Trinajstić information content (AvgIpc) is 3.02. The van der Waals surface area contributed by atoms with Gasteiger partial charge in [0, 0.05) is 5.56 Å². The van der Waals surface area contributed by atoms with Crippen molar-refractivity contribution in [3.8, 4) is 0 Å². The third kappa shape index (κ3) is 23.1. The highest BCUT2D eigenvalue weighted by Gasteiger charge is 2.27. The van der Waals surface area contributed by atoms with Crippen LogP contribution < -0.4 is 0 Å². The van der Waals surface area contributed by atoms with E-state index in [4.69, 9.17) is 0 Å². The lowest BCUT2D eigenvalue weighted by Crippen LogP contribution is -2.49. The molecule has 0 saturated heterocycles. The van der Waals surface area contributed by atoms with Crippen molar-refractivity contribution in [2.45, 2.75) is 206 Å². The maximum Gasteiger partial charge on any atom is 0.124 e. The largest absolute Gasteiger partial charge is 0.744 e. The number of benzene rings is 1. The lowest BCUT2D eigenvalue weighted by atomic mass is 10.0. The highest BCUT2D eigenvalue weighted by molar-refractivity contribution is 7.85. The Morgan fingerprint density at radius 1 is 0.444 bits per heavy atom. The fourth-order valence-electron chi connectivity index (χ4n) is 7.00. The van der Waals surface area contributed by atoms with E-state index in [1.165, 1.54) is 211 Å². The van der Waals surface area contributed by atoms with Gasteiger partial charge in [-0.1, -0.05) is 168 Å². The van der Waals surface area contributed by atoms with Crippen LogP contribution in [0.25, 0.3) is 0 Å². The number of quaternary nitrogens is 1. The molecule has 0 radical (unpaired) electrons. The van der Waals surface area contributed by atoms with Gasteiger partial charge in [0.15, 0.2) is 0 Å². The van der Waals surface area contributed by atoms with E-state index >= 15 is 0 Å². The van der Waals surface area contributed by atoms with Crippen molar-refractivity contribution in [1.82, 2.24) is 0 Å². The molecule has 0 aliphatic heterocycles. The van der Waals surface area contributed by atoms with Gasteiger partial charge in [0.25, 0.3) is 0 Å². The first kappa shape index (κ1) is 42.1. The van der Waals surface area contributed by atoms with Gasteiger partial charge >= 0.3 is 0 Å². The van der Waals surface area contributed by atoms with Gasteiger partial charge < -0.3 is 9.04 Å². The average molecular weight is 650 g/mol. The highest BCUT2D eigenvalue weighted by Crippen LogP contribution is 2.24. The molecule has 0 aromatic heterocycles. The van der Waals surface area contributed by atoms with Crippen molar-refractivity contribution in [2.75, 3.05) is 19.6 Å². The predicted molar refractivity (Wildman–Crippen MR) is 195 cm³/mol. The maximum absolute atomic E-state index is 11.6. The van der Waals surface area contributed by atoms with E-state index in [1.807, 2.05) is 12.1 Å². The van der Waals surface area contributed by atoms with Crippen LogP contribution in [0.5, 0.6) is 0 Å². The number of hydrogen-bond donors (Lipinski definition) is 0. The molecule has 0 fully saturated rings. The second-order valence-electron chi connectivity index (χ2n) is 14.3. The molecule has 0 spiro atoms. The van der Waals surface area contributed by atoms with Gasteiger partial charge in [-0.2, -0.15) is 0 Å². The van der Waals surface area contributed by atoms with E-state index in [1.54, 1.807) is 0 Å². The van der Waals surface area contributed by atoms with Gasteiger partial charge in [0.1, 0.15) is 16.7 Å². The van der Waals surface area contributed by atoms with Crippen LogP contribution in [-0.2, 0) is 16.7 Å². The molecule has 45 heavy (non-hydrogen) atoms. The third-order valence-corrected chi connectivity index (χ3v) is 10.8. The molecule has 0 bridgehead atoms. The summed E-state index contributed by atoms with van der Waals surface area (Å²) >= 11 is 0. The summed E-state index contributed by atoms with van der Waals surface area (Å²) in [7, 11) is -4.41. The molecule has 1 aromatic carbocycles. The van der Waals surface area contributed by atoms with E-state index in [9.17, 15) is 13.0 Å². The van der Waals surface area contributed by atoms with Gasteiger partial charge in [-0.15, -0.1) is 0 Å². The van der Waals surface area contributed by atoms with E-state index < -0.39 is 10.1 Å². The summed E-state index contributed by atoms with van der Waals surface area (Å²) in [5.74, 6) is 0. The zero-order valence-corrected chi connectivity index (χ0v) is 31.1. The molecule has 1 rings (SSSR count). The fraction of sp³-hybridized carbons (Fsp3) is 0.850. The molecule has 264 valence electrons. The second-order valence-corrected chi connectivity index (χ2v) is 15.6. The molecular weight excluding hydrogens is 575 g/mol. The van der Waals surface area contributed by atoms with Crippen LogP contribution in [0, 0.1) is 0 Å². The van der Waals surface area contributed by atoms with Crippen molar-refractivity contribution in [2.24, 2.45) is 0 Å². The smallest absolute Gasteiger partial charge is 0.124 e. The van der Waals surface area contributed by atoms with Gasteiger partial charge in [0.2, 0.25) is 0 Å². The SMILES string of the molecule is CCCCCCCCCCC[N+](CCCCCCCCCCC)(CCCCCCCCCCC)Cc1ccc(S(=O)(=O)[O-])cc1. The number of unbranched alkanes of at least 4 members (excludes halogenated alkanes) is 24. The lowest BCUT2D eigenvalue weighted by Gasteiger charge is -2.39. The van der Waals surface area contributed by atoms with Crippen LogP contribution in [0.2, 0.25) is 0 Å². The molecule has 1 aromatic rings. The molecule has 0 unspecified atom stereocenters. The van der Waals surface area contributed by atoms with Gasteiger partial charge in [-0.3, -0.25) is 0 Å². The zero-order chi connectivity index (χ0) is 32.9. The Morgan fingerprint density at radius 2 is 0.711 bits per heavy atom. The normalized spacial score (nSPS) is 12.3. The van der Waals surface area contributed by atoms with Crippen molar-refractivity contribution < 1.29 is 17.5 Å². The monoisotopic (exact) mass is 650 g/mol. The molecular formula is C40H75NO3S. The Balaban J connectivity index is 2.82. The summed E-state index contributed by atoms with van der Waals surface area (Å²) in [6, 6.07) is 6.87. The first-order valence-electron chi connectivity index (χ1n) is 19.8. The number of nitrogens with zero attached hydrogens (tertiary/aromatic N) is 1. The van der Waals surface area contributed by atoms with Crippen molar-refractivity contribution in [3.05, 3.63) is 29.8 Å². The Kier molecular flexibility index (Phi) is 26.3. The molecule has 0 aliphatic rings. The third-order valence-electron chi connectivity index (χ3n) is 9.94. The summed E-state index contributed by atoms with van der Waals surface area (Å²) in [6.07, 6.45) is 36.4. The molecule has 0 heterocycles. The number of rotatable bonds is 33. The first-order chi connectivity index (χ1) is 21.9. The van der Waals surface area contributed by atoms with Gasteiger partial charge in [0.05, 0.1) is 24.5 Å². The second kappa shape index (κ2) is 28.1. The minimum absolute atomic E-state index is 0.110. The Bertz CT molecular complexity index is 828. The van der Waals surface area contributed by atoms with Crippen LogP contribution in [0.3, 0.4) is 0 Å². The van der Waals surface area contributed by atoms with E-state index in [2.05, 4.69) is 20.8 Å². The highest BCUT2D eigenvalue weighted by atomic mass is 32.2. The molecule has 0 amide bonds. The minimum Gasteiger partial charge on any atom is -0.744 e. The summed E-state index contributed by atoms with van der Waals surface area (Å²) in [5, 5.41) is 0. The first-order valence-corrected chi connectivity index (χ1v) is 21.2. The van der Waals surface area contributed by atoms with Crippen molar-refractivity contribution >= 4 is 10.1 Å². The lowest BCUT2D eigenvalue weighted by molar-refractivity contribution is -0.941. The van der Waals surface area contributed by atoms with Crippen LogP contribution in [0.4, 0.5) is 0 Å². The molecule has 0 N–H and O–H groups in total. The maximum atomic E-state index is 11.6. The Labute approximate surface area is 281 Å². The fourth-order valence-corrected chi connectivity index (χ4v) is 7.46. The van der Waals surface area contributed by atoms with Gasteiger partial charge in [-0.25, -0.2) is 8.42 Å². The van der Waals surface area contributed by atoms with Gasteiger partial charge in [-0.05, 0) is 50.7 Å². The quantitative estimate of drug-likeness (QED) is 0.0432. The zero-order valence-electron chi connectivity index (χ0n) is 30.3. The predicted octanol–water partition coefficient (Wildman–Crippen LogP) is 12.5. The molecule has 0 aliphatic carbocycles.